The van der Waals surface area contributed by atoms with Gasteiger partial charge < -0.3 is 10.1 Å². The van der Waals surface area contributed by atoms with Gasteiger partial charge in [-0.3, -0.25) is 4.79 Å². The number of aromatic nitrogens is 3. The van der Waals surface area contributed by atoms with E-state index in [-0.39, 0.29) is 5.91 Å². The summed E-state index contributed by atoms with van der Waals surface area (Å²) < 4.78 is 5.05. The molecule has 2 aromatic heterocycles. The van der Waals surface area contributed by atoms with E-state index >= 15 is 0 Å². The van der Waals surface area contributed by atoms with Crippen molar-refractivity contribution in [2.45, 2.75) is 25.2 Å². The van der Waals surface area contributed by atoms with Crippen LogP contribution in [-0.4, -0.2) is 34.2 Å². The van der Waals surface area contributed by atoms with E-state index < -0.39 is 0 Å². The van der Waals surface area contributed by atoms with E-state index in [1.165, 1.54) is 24.2 Å². The van der Waals surface area contributed by atoms with Crippen molar-refractivity contribution in [3.8, 4) is 0 Å². The first-order valence-electron chi connectivity index (χ1n) is 6.22. The Bertz CT molecular complexity index is 613. The molecule has 0 aromatic carbocycles. The van der Waals surface area contributed by atoms with Gasteiger partial charge in [-0.1, -0.05) is 11.8 Å². The van der Waals surface area contributed by atoms with E-state index in [1.807, 2.05) is 13.2 Å². The zero-order valence-electron chi connectivity index (χ0n) is 12.0. The molecule has 2 aromatic rings. The molecule has 0 spiro atoms. The molecule has 0 aliphatic heterocycles. The molecule has 0 saturated carbocycles. The average molecular weight is 324 g/mol. The zero-order chi connectivity index (χ0) is 15.2. The molecule has 21 heavy (non-hydrogen) atoms. The molecule has 112 valence electrons. The molecule has 1 N–H and O–H groups in total. The summed E-state index contributed by atoms with van der Waals surface area (Å²) in [4.78, 5) is 25.6. The molecular weight excluding hydrogens is 308 g/mol. The fourth-order valence-corrected chi connectivity index (χ4v) is 2.94. The first-order valence-corrected chi connectivity index (χ1v) is 8.26. The summed E-state index contributed by atoms with van der Waals surface area (Å²) in [5.74, 6) is -0.191. The minimum atomic E-state index is -0.191. The number of hydrogen-bond acceptors (Lipinski definition) is 7. The lowest BCUT2D eigenvalue weighted by Crippen LogP contribution is -2.23. The second-order valence-corrected chi connectivity index (χ2v) is 6.13. The molecule has 0 unspecified atom stereocenters. The minimum absolute atomic E-state index is 0.191. The first-order chi connectivity index (χ1) is 10.1. The second kappa shape index (κ2) is 7.48. The summed E-state index contributed by atoms with van der Waals surface area (Å²) in [6.07, 6.45) is 4.95. The van der Waals surface area contributed by atoms with E-state index in [1.54, 1.807) is 18.4 Å². The van der Waals surface area contributed by atoms with E-state index in [2.05, 4.69) is 20.3 Å². The van der Waals surface area contributed by atoms with Crippen molar-refractivity contribution in [2.75, 3.05) is 13.4 Å². The van der Waals surface area contributed by atoms with Crippen LogP contribution in [0.1, 0.15) is 25.9 Å². The largest absolute Gasteiger partial charge is 0.378 e. The number of hydrogen-bond donors (Lipinski definition) is 1. The number of carbonyl (C=O) groups is 1. The highest BCUT2D eigenvalue weighted by Gasteiger charge is 2.11. The molecule has 0 saturated heterocycles. The van der Waals surface area contributed by atoms with E-state index in [9.17, 15) is 4.79 Å². The maximum Gasteiger partial charge on any atom is 0.254 e. The van der Waals surface area contributed by atoms with Gasteiger partial charge in [0.2, 0.25) is 0 Å². The number of thiazole rings is 1. The predicted octanol–water partition coefficient (Wildman–Crippen LogP) is 2.04. The minimum Gasteiger partial charge on any atom is -0.378 e. The van der Waals surface area contributed by atoms with Gasteiger partial charge in [-0.05, 0) is 13.2 Å². The Balaban J connectivity index is 1.96. The first kappa shape index (κ1) is 15.9. The fourth-order valence-electron chi connectivity index (χ4n) is 1.64. The van der Waals surface area contributed by atoms with Gasteiger partial charge in [0.1, 0.15) is 5.01 Å². The van der Waals surface area contributed by atoms with Gasteiger partial charge in [0.25, 0.3) is 5.91 Å². The summed E-state index contributed by atoms with van der Waals surface area (Å²) >= 11 is 2.98. The Morgan fingerprint density at radius 3 is 2.76 bits per heavy atom. The average Bonchev–Trinajstić information content (AvgIpc) is 2.85. The number of amides is 1. The highest BCUT2D eigenvalue weighted by Crippen LogP contribution is 2.18. The van der Waals surface area contributed by atoms with Gasteiger partial charge in [-0.2, -0.15) is 0 Å². The van der Waals surface area contributed by atoms with Gasteiger partial charge in [0, 0.05) is 24.4 Å². The highest BCUT2D eigenvalue weighted by atomic mass is 32.2. The quantitative estimate of drug-likeness (QED) is 0.647. The third-order valence-corrected chi connectivity index (χ3v) is 4.39. The van der Waals surface area contributed by atoms with Gasteiger partial charge >= 0.3 is 0 Å². The number of nitrogens with zero attached hydrogens (tertiary/aromatic N) is 3. The molecule has 2 heterocycles. The lowest BCUT2D eigenvalue weighted by atomic mass is 10.3. The van der Waals surface area contributed by atoms with Crippen LogP contribution >= 0.6 is 23.1 Å². The van der Waals surface area contributed by atoms with Gasteiger partial charge in [-0.25, -0.2) is 15.0 Å². The van der Waals surface area contributed by atoms with Crippen LogP contribution < -0.4 is 5.32 Å². The van der Waals surface area contributed by atoms with E-state index in [4.69, 9.17) is 4.74 Å². The van der Waals surface area contributed by atoms with Crippen molar-refractivity contribution >= 4 is 29.0 Å². The molecule has 0 aliphatic rings. The van der Waals surface area contributed by atoms with Gasteiger partial charge in [-0.15, -0.1) is 11.3 Å². The number of thioether (sulfide) groups is 1. The second-order valence-electron chi connectivity index (χ2n) is 4.19. The van der Waals surface area contributed by atoms with Crippen LogP contribution in [0, 0.1) is 6.92 Å². The summed E-state index contributed by atoms with van der Waals surface area (Å²) in [5.41, 5.74) is 1.37. The summed E-state index contributed by atoms with van der Waals surface area (Å²) in [7, 11) is 1.64. The van der Waals surface area contributed by atoms with Gasteiger partial charge in [0.05, 0.1) is 24.4 Å². The van der Waals surface area contributed by atoms with Crippen molar-refractivity contribution in [3.05, 3.63) is 33.5 Å². The zero-order valence-corrected chi connectivity index (χ0v) is 13.7. The molecule has 0 atom stereocenters. The Hall–Kier alpha value is -1.51. The summed E-state index contributed by atoms with van der Waals surface area (Å²) in [6, 6.07) is 0. The molecular formula is C13H16N4O2S2. The number of nitrogens with one attached hydrogen (secondary N) is 1. The van der Waals surface area contributed by atoms with Crippen molar-refractivity contribution < 1.29 is 9.53 Å². The van der Waals surface area contributed by atoms with Crippen molar-refractivity contribution in [3.63, 3.8) is 0 Å². The van der Waals surface area contributed by atoms with Crippen LogP contribution in [-0.2, 0) is 17.9 Å². The maximum atomic E-state index is 12.0. The molecule has 0 radical (unpaired) electrons. The molecule has 1 amide bonds. The van der Waals surface area contributed by atoms with Crippen LogP contribution in [0.15, 0.2) is 17.6 Å². The smallest absolute Gasteiger partial charge is 0.254 e. The maximum absolute atomic E-state index is 12.0. The number of rotatable bonds is 6. The van der Waals surface area contributed by atoms with Crippen LogP contribution in [0.25, 0.3) is 0 Å². The Morgan fingerprint density at radius 1 is 1.43 bits per heavy atom. The highest BCUT2D eigenvalue weighted by molar-refractivity contribution is 7.98. The molecule has 8 heteroatoms. The topological polar surface area (TPSA) is 77.0 Å². The normalized spacial score (nSPS) is 10.6. The van der Waals surface area contributed by atoms with Crippen molar-refractivity contribution in [1.29, 1.82) is 0 Å². The number of ether oxygens (including phenoxy) is 1. The Morgan fingerprint density at radius 2 is 2.14 bits per heavy atom. The van der Waals surface area contributed by atoms with Crippen LogP contribution in [0.2, 0.25) is 0 Å². The third-order valence-electron chi connectivity index (χ3n) is 2.69. The summed E-state index contributed by atoms with van der Waals surface area (Å²) in [5, 5.41) is 4.41. The standard InChI is InChI=1S/C13H16N4O2S2/c1-8-10(21-11(17-8)7-19-2)6-14-12(18)9-4-15-13(20-3)16-5-9/h4-5H,6-7H2,1-3H3,(H,14,18). The van der Waals surface area contributed by atoms with E-state index in [0.29, 0.717) is 23.9 Å². The number of aryl methyl sites for hydroxylation is 1. The summed E-state index contributed by atoms with van der Waals surface area (Å²) in [6.45, 7) is 2.85. The number of carbonyl (C=O) groups excluding carboxylic acids is 1. The Kier molecular flexibility index (Phi) is 5.66. The third kappa shape index (κ3) is 4.23. The van der Waals surface area contributed by atoms with Crippen LogP contribution in [0.3, 0.4) is 0 Å². The van der Waals surface area contributed by atoms with E-state index in [0.717, 1.165) is 15.6 Å². The van der Waals surface area contributed by atoms with Gasteiger partial charge in [0.15, 0.2) is 5.16 Å². The van der Waals surface area contributed by atoms with Crippen LogP contribution in [0.4, 0.5) is 0 Å². The molecule has 0 fully saturated rings. The monoisotopic (exact) mass is 324 g/mol. The molecule has 6 nitrogen and oxygen atoms in total. The van der Waals surface area contributed by atoms with Crippen LogP contribution in [0.5, 0.6) is 0 Å². The molecule has 0 aliphatic carbocycles. The van der Waals surface area contributed by atoms with Crippen molar-refractivity contribution in [2.24, 2.45) is 0 Å². The SMILES string of the molecule is COCc1nc(C)c(CNC(=O)c2cnc(SC)nc2)s1. The molecule has 0 bridgehead atoms. The fraction of sp³-hybridized carbons (Fsp3) is 0.385. The lowest BCUT2D eigenvalue weighted by Gasteiger charge is -2.04. The molecule has 2 rings (SSSR count). The Labute approximate surface area is 131 Å². The lowest BCUT2D eigenvalue weighted by molar-refractivity contribution is 0.0950. The predicted molar refractivity (Wildman–Crippen MR) is 82.5 cm³/mol. The van der Waals surface area contributed by atoms with Crippen molar-refractivity contribution in [1.82, 2.24) is 20.3 Å². The number of methoxy groups -OCH3 is 1.